The van der Waals surface area contributed by atoms with Gasteiger partial charge >= 0.3 is 6.18 Å². The van der Waals surface area contributed by atoms with Crippen molar-refractivity contribution in [2.75, 3.05) is 18.1 Å². The number of hydrogen-bond acceptors (Lipinski definition) is 5. The van der Waals surface area contributed by atoms with Crippen LogP contribution >= 0.6 is 0 Å². The second kappa shape index (κ2) is 8.67. The summed E-state index contributed by atoms with van der Waals surface area (Å²) in [6.45, 7) is 2.76. The van der Waals surface area contributed by atoms with Crippen LogP contribution in [0.4, 0.5) is 18.9 Å². The minimum atomic E-state index is -4.63. The summed E-state index contributed by atoms with van der Waals surface area (Å²) in [5, 5.41) is 19.5. The fraction of sp³-hybridized carbons (Fsp3) is 0.333. The number of pyridine rings is 1. The van der Waals surface area contributed by atoms with E-state index >= 15 is 0 Å². The van der Waals surface area contributed by atoms with Crippen molar-refractivity contribution in [3.05, 3.63) is 64.8 Å². The predicted octanol–water partition coefficient (Wildman–Crippen LogP) is 4.97. The Kier molecular flexibility index (Phi) is 5.94. The number of rotatable bonds is 5. The monoisotopic (exact) mass is 441 g/mol. The Balaban J connectivity index is 1.63. The van der Waals surface area contributed by atoms with Crippen LogP contribution in [0.25, 0.3) is 10.9 Å². The summed E-state index contributed by atoms with van der Waals surface area (Å²) in [5.41, 5.74) is 2.17. The van der Waals surface area contributed by atoms with Gasteiger partial charge in [-0.25, -0.2) is 0 Å². The highest BCUT2D eigenvalue weighted by molar-refractivity contribution is 5.92. The number of nitrogens with zero attached hydrogens (tertiary/aromatic N) is 3. The Morgan fingerprint density at radius 2 is 2.03 bits per heavy atom. The first-order valence-corrected chi connectivity index (χ1v) is 10.3. The molecule has 1 N–H and O–H groups in total. The molecule has 2 aromatic carbocycles. The zero-order valence-corrected chi connectivity index (χ0v) is 17.5. The predicted molar refractivity (Wildman–Crippen MR) is 114 cm³/mol. The molecule has 5 nitrogen and oxygen atoms in total. The van der Waals surface area contributed by atoms with Crippen molar-refractivity contribution in [1.82, 2.24) is 4.98 Å². The van der Waals surface area contributed by atoms with Gasteiger partial charge in [0.05, 0.1) is 35.4 Å². The fourth-order valence-corrected chi connectivity index (χ4v) is 4.16. The molecule has 1 aliphatic rings. The number of aliphatic hydroxyl groups excluding tert-OH is 1. The summed E-state index contributed by atoms with van der Waals surface area (Å²) in [4.78, 5) is 6.79. The molecule has 1 saturated heterocycles. The Morgan fingerprint density at radius 3 is 2.75 bits per heavy atom. The van der Waals surface area contributed by atoms with Gasteiger partial charge in [0.15, 0.2) is 0 Å². The van der Waals surface area contributed by atoms with Crippen LogP contribution in [0.1, 0.15) is 35.2 Å². The zero-order chi connectivity index (χ0) is 22.9. The highest BCUT2D eigenvalue weighted by Crippen LogP contribution is 2.37. The van der Waals surface area contributed by atoms with Crippen molar-refractivity contribution >= 4 is 16.6 Å². The van der Waals surface area contributed by atoms with Crippen molar-refractivity contribution in [1.29, 1.82) is 5.26 Å². The standard InChI is InChI=1S/C24H22F3N3O2/c1-15-9-22(30-8-2-3-18(30)13-31)19-6-4-17(11-21(19)29-15)14-32-23-7-5-16(12-28)10-20(23)24(25,26)27/h4-7,9-11,18,31H,2-3,8,13-14H2,1H3. The van der Waals surface area contributed by atoms with E-state index < -0.39 is 11.7 Å². The van der Waals surface area contributed by atoms with E-state index in [1.165, 1.54) is 12.1 Å². The van der Waals surface area contributed by atoms with E-state index in [2.05, 4.69) is 9.88 Å². The quantitative estimate of drug-likeness (QED) is 0.605. The molecule has 0 saturated carbocycles. The fourth-order valence-electron chi connectivity index (χ4n) is 4.16. The van der Waals surface area contributed by atoms with E-state index in [9.17, 15) is 18.3 Å². The normalized spacial score (nSPS) is 16.4. The Bertz CT molecular complexity index is 1190. The maximum absolute atomic E-state index is 13.4. The Labute approximate surface area is 183 Å². The van der Waals surface area contributed by atoms with Gasteiger partial charge in [-0.3, -0.25) is 4.98 Å². The Morgan fingerprint density at radius 1 is 1.22 bits per heavy atom. The van der Waals surface area contributed by atoms with Crippen LogP contribution in [0.3, 0.4) is 0 Å². The molecule has 32 heavy (non-hydrogen) atoms. The van der Waals surface area contributed by atoms with Gasteiger partial charge in [0.2, 0.25) is 0 Å². The van der Waals surface area contributed by atoms with Gasteiger partial charge in [-0.05, 0) is 55.7 Å². The molecule has 0 amide bonds. The number of aryl methyl sites for hydroxylation is 1. The first kappa shape index (κ1) is 21.9. The number of aromatic nitrogens is 1. The van der Waals surface area contributed by atoms with Gasteiger partial charge in [-0.1, -0.05) is 12.1 Å². The summed E-state index contributed by atoms with van der Waals surface area (Å²) < 4.78 is 45.6. The summed E-state index contributed by atoms with van der Waals surface area (Å²) in [7, 11) is 0. The molecule has 0 spiro atoms. The highest BCUT2D eigenvalue weighted by Gasteiger charge is 2.35. The number of benzene rings is 2. The molecule has 0 aliphatic carbocycles. The van der Waals surface area contributed by atoms with Crippen molar-refractivity contribution in [2.24, 2.45) is 0 Å². The number of fused-ring (bicyclic) bond motifs is 1. The smallest absolute Gasteiger partial charge is 0.420 e. The van der Waals surface area contributed by atoms with Crippen molar-refractivity contribution in [3.63, 3.8) is 0 Å². The first-order chi connectivity index (χ1) is 15.3. The third-order valence-corrected chi connectivity index (χ3v) is 5.69. The average Bonchev–Trinajstić information content (AvgIpc) is 3.24. The van der Waals surface area contributed by atoms with Gasteiger partial charge < -0.3 is 14.7 Å². The van der Waals surface area contributed by atoms with Gasteiger partial charge in [0.25, 0.3) is 0 Å². The molecular formula is C24H22F3N3O2. The maximum Gasteiger partial charge on any atom is 0.420 e. The lowest BCUT2D eigenvalue weighted by atomic mass is 10.1. The topological polar surface area (TPSA) is 69.4 Å². The van der Waals surface area contributed by atoms with Crippen LogP contribution in [0.5, 0.6) is 5.75 Å². The molecule has 1 atom stereocenters. The van der Waals surface area contributed by atoms with Crippen molar-refractivity contribution in [3.8, 4) is 11.8 Å². The molecule has 0 radical (unpaired) electrons. The van der Waals surface area contributed by atoms with Crippen LogP contribution in [0.15, 0.2) is 42.5 Å². The van der Waals surface area contributed by atoms with E-state index in [-0.39, 0.29) is 30.6 Å². The second-order valence-electron chi connectivity index (χ2n) is 7.92. The molecule has 1 aliphatic heterocycles. The molecule has 1 fully saturated rings. The van der Waals surface area contributed by atoms with E-state index in [1.807, 2.05) is 31.2 Å². The molecule has 8 heteroatoms. The van der Waals surface area contributed by atoms with Gasteiger partial charge in [-0.2, -0.15) is 18.4 Å². The minimum Gasteiger partial charge on any atom is -0.488 e. The third-order valence-electron chi connectivity index (χ3n) is 5.69. The van der Waals surface area contributed by atoms with Crippen molar-refractivity contribution in [2.45, 2.75) is 38.6 Å². The molecule has 0 bridgehead atoms. The largest absolute Gasteiger partial charge is 0.488 e. The van der Waals surface area contributed by atoms with Crippen molar-refractivity contribution < 1.29 is 23.0 Å². The Hall–Kier alpha value is -3.31. The minimum absolute atomic E-state index is 0.0696. The lowest BCUT2D eigenvalue weighted by Crippen LogP contribution is -2.32. The lowest BCUT2D eigenvalue weighted by molar-refractivity contribution is -0.139. The number of ether oxygens (including phenoxy) is 1. The molecule has 3 aromatic rings. The van der Waals surface area contributed by atoms with E-state index in [1.54, 1.807) is 6.07 Å². The lowest BCUT2D eigenvalue weighted by Gasteiger charge is -2.27. The van der Waals surface area contributed by atoms with Crippen LogP contribution in [-0.2, 0) is 12.8 Å². The number of nitriles is 1. The zero-order valence-electron chi connectivity index (χ0n) is 17.5. The molecule has 1 aromatic heterocycles. The number of anilines is 1. The summed E-state index contributed by atoms with van der Waals surface area (Å²) in [6, 6.07) is 12.6. The van der Waals surface area contributed by atoms with Crippen LogP contribution < -0.4 is 9.64 Å². The van der Waals surface area contributed by atoms with E-state index in [0.29, 0.717) is 5.56 Å². The first-order valence-electron chi connectivity index (χ1n) is 10.3. The molecular weight excluding hydrogens is 419 g/mol. The number of aliphatic hydroxyl groups is 1. The summed E-state index contributed by atoms with van der Waals surface area (Å²) in [6.07, 6.45) is -2.69. The van der Waals surface area contributed by atoms with Gasteiger partial charge in [0.1, 0.15) is 12.4 Å². The molecule has 1 unspecified atom stereocenters. The van der Waals surface area contributed by atoms with Gasteiger partial charge in [-0.15, -0.1) is 0 Å². The van der Waals surface area contributed by atoms with E-state index in [0.717, 1.165) is 47.7 Å². The molecule has 2 heterocycles. The second-order valence-corrected chi connectivity index (χ2v) is 7.92. The summed E-state index contributed by atoms with van der Waals surface area (Å²) in [5.74, 6) is -0.322. The number of halogens is 3. The number of hydrogen-bond donors (Lipinski definition) is 1. The SMILES string of the molecule is Cc1cc(N2CCCC2CO)c2ccc(COc3ccc(C#N)cc3C(F)(F)F)cc2n1. The van der Waals surface area contributed by atoms with E-state index in [4.69, 9.17) is 10.00 Å². The third kappa shape index (κ3) is 4.34. The van der Waals surface area contributed by atoms with Crippen LogP contribution in [-0.4, -0.2) is 29.3 Å². The highest BCUT2D eigenvalue weighted by atomic mass is 19.4. The maximum atomic E-state index is 13.4. The average molecular weight is 441 g/mol. The van der Waals surface area contributed by atoms with Crippen LogP contribution in [0, 0.1) is 18.3 Å². The molecule has 166 valence electrons. The summed E-state index contributed by atoms with van der Waals surface area (Å²) >= 11 is 0. The van der Waals surface area contributed by atoms with Crippen LogP contribution in [0.2, 0.25) is 0 Å². The number of alkyl halides is 3. The van der Waals surface area contributed by atoms with Gasteiger partial charge in [0, 0.05) is 23.3 Å². The molecule has 4 rings (SSSR count).